The van der Waals surface area contributed by atoms with Gasteiger partial charge in [-0.15, -0.1) is 0 Å². The molecule has 1 spiro atoms. The average molecular weight is 535 g/mol. The molecule has 38 heavy (non-hydrogen) atoms. The molecular formula is C28H42N2O8. The second kappa shape index (κ2) is 13.5. The van der Waals surface area contributed by atoms with E-state index >= 15 is 0 Å². The predicted octanol–water partition coefficient (Wildman–Crippen LogP) is 2.90. The highest BCUT2D eigenvalue weighted by Crippen LogP contribution is 2.43. The fourth-order valence-electron chi connectivity index (χ4n) is 5.13. The van der Waals surface area contributed by atoms with Crippen LogP contribution in [0.5, 0.6) is 0 Å². The van der Waals surface area contributed by atoms with Crippen molar-refractivity contribution in [3.8, 4) is 0 Å². The highest BCUT2D eigenvalue weighted by atomic mass is 16.6. The van der Waals surface area contributed by atoms with Crippen LogP contribution in [-0.4, -0.2) is 71.8 Å². The number of esters is 1. The van der Waals surface area contributed by atoms with Crippen LogP contribution in [0.4, 0.5) is 0 Å². The Labute approximate surface area is 224 Å². The average Bonchev–Trinajstić information content (AvgIpc) is 3.59. The minimum atomic E-state index is -0.465. The van der Waals surface area contributed by atoms with Gasteiger partial charge in [-0.2, -0.15) is 0 Å². The van der Waals surface area contributed by atoms with Crippen molar-refractivity contribution in [1.82, 2.24) is 10.8 Å². The lowest BCUT2D eigenvalue weighted by Gasteiger charge is -2.39. The fraction of sp³-hybridized carbons (Fsp3) is 0.679. The van der Waals surface area contributed by atoms with Gasteiger partial charge < -0.3 is 24.3 Å². The minimum absolute atomic E-state index is 0.0384. The first-order valence-corrected chi connectivity index (χ1v) is 13.4. The zero-order valence-corrected chi connectivity index (χ0v) is 23.0. The molecule has 3 heterocycles. The Bertz CT molecular complexity index is 941. The largest absolute Gasteiger partial charge is 0.459 e. The van der Waals surface area contributed by atoms with E-state index in [2.05, 4.69) is 18.3 Å². The first-order valence-electron chi connectivity index (χ1n) is 13.4. The van der Waals surface area contributed by atoms with Crippen molar-refractivity contribution in [3.63, 3.8) is 0 Å². The molecule has 3 aliphatic heterocycles. The Morgan fingerprint density at radius 2 is 1.89 bits per heavy atom. The van der Waals surface area contributed by atoms with Crippen LogP contribution in [0.2, 0.25) is 0 Å². The lowest BCUT2D eigenvalue weighted by atomic mass is 9.88. The third-order valence-electron chi connectivity index (χ3n) is 7.29. The summed E-state index contributed by atoms with van der Waals surface area (Å²) in [5, 5.41) is 11.8. The molecule has 0 aromatic rings. The highest BCUT2D eigenvalue weighted by Gasteiger charge is 2.51. The quantitative estimate of drug-likeness (QED) is 0.0972. The third kappa shape index (κ3) is 9.34. The summed E-state index contributed by atoms with van der Waals surface area (Å²) in [5.74, 6) is -0.841. The molecule has 3 saturated heterocycles. The number of carbonyl (C=O) groups excluding carboxylic acids is 3. The molecule has 0 aromatic heterocycles. The van der Waals surface area contributed by atoms with E-state index in [1.807, 2.05) is 26.0 Å². The van der Waals surface area contributed by atoms with Crippen LogP contribution >= 0.6 is 0 Å². The van der Waals surface area contributed by atoms with Crippen LogP contribution in [0.3, 0.4) is 0 Å². The number of epoxide rings is 1. The van der Waals surface area contributed by atoms with E-state index in [9.17, 15) is 14.4 Å². The molecule has 3 N–H and O–H groups in total. The van der Waals surface area contributed by atoms with Gasteiger partial charge in [0.15, 0.2) is 0 Å². The summed E-state index contributed by atoms with van der Waals surface area (Å²) in [5.41, 5.74) is 2.54. The molecule has 0 radical (unpaired) electrons. The van der Waals surface area contributed by atoms with Crippen molar-refractivity contribution in [2.24, 2.45) is 5.92 Å². The number of hydrogen-bond acceptors (Lipinski definition) is 8. The lowest BCUT2D eigenvalue weighted by Crippen LogP contribution is -2.50. The van der Waals surface area contributed by atoms with Gasteiger partial charge in [0.25, 0.3) is 0 Å². The summed E-state index contributed by atoms with van der Waals surface area (Å²) in [7, 11) is 0. The molecule has 212 valence electrons. The summed E-state index contributed by atoms with van der Waals surface area (Å²) in [6.45, 7) is 9.83. The fourth-order valence-corrected chi connectivity index (χ4v) is 5.13. The van der Waals surface area contributed by atoms with Gasteiger partial charge >= 0.3 is 5.97 Å². The van der Waals surface area contributed by atoms with Gasteiger partial charge in [0, 0.05) is 25.8 Å². The molecular weight excluding hydrogens is 492 g/mol. The number of ether oxygens (including phenoxy) is 4. The summed E-state index contributed by atoms with van der Waals surface area (Å²) < 4.78 is 23.0. The zero-order chi connectivity index (χ0) is 27.9. The van der Waals surface area contributed by atoms with Crippen LogP contribution in [0.1, 0.15) is 66.7 Å². The molecule has 0 saturated carbocycles. The minimum Gasteiger partial charge on any atom is -0.459 e. The molecule has 0 bridgehead atoms. The van der Waals surface area contributed by atoms with E-state index in [0.29, 0.717) is 13.0 Å². The van der Waals surface area contributed by atoms with Gasteiger partial charge in [0.2, 0.25) is 11.8 Å². The maximum absolute atomic E-state index is 12.3. The van der Waals surface area contributed by atoms with Gasteiger partial charge in [-0.25, -0.2) is 5.48 Å². The van der Waals surface area contributed by atoms with Crippen molar-refractivity contribution in [2.45, 2.75) is 109 Å². The van der Waals surface area contributed by atoms with E-state index in [0.717, 1.165) is 24.8 Å². The number of rotatable bonds is 10. The molecule has 10 heteroatoms. The highest BCUT2D eigenvalue weighted by molar-refractivity contribution is 5.87. The summed E-state index contributed by atoms with van der Waals surface area (Å²) >= 11 is 0. The smallest absolute Gasteiger partial charge is 0.303 e. The number of carbonyl (C=O) groups is 3. The van der Waals surface area contributed by atoms with Crippen LogP contribution in [-0.2, 0) is 33.3 Å². The first-order chi connectivity index (χ1) is 18.0. The molecule has 2 amide bonds. The molecule has 1 unspecified atom stereocenters. The van der Waals surface area contributed by atoms with Crippen molar-refractivity contribution < 1.29 is 38.5 Å². The van der Waals surface area contributed by atoms with Crippen molar-refractivity contribution in [3.05, 3.63) is 36.0 Å². The third-order valence-corrected chi connectivity index (χ3v) is 7.29. The van der Waals surface area contributed by atoms with E-state index in [4.69, 9.17) is 24.2 Å². The van der Waals surface area contributed by atoms with Crippen molar-refractivity contribution in [1.29, 1.82) is 0 Å². The van der Waals surface area contributed by atoms with E-state index < -0.39 is 18.0 Å². The molecule has 8 atom stereocenters. The number of amides is 2. The molecule has 3 rings (SSSR count). The Balaban J connectivity index is 1.47. The second-order valence-electron chi connectivity index (χ2n) is 10.8. The van der Waals surface area contributed by atoms with Crippen LogP contribution in [0.25, 0.3) is 0 Å². The Hall–Kier alpha value is -2.53. The van der Waals surface area contributed by atoms with Crippen molar-refractivity contribution >= 4 is 17.8 Å². The molecule has 3 fully saturated rings. The molecule has 3 aliphatic rings. The van der Waals surface area contributed by atoms with Gasteiger partial charge in [-0.3, -0.25) is 19.6 Å². The van der Waals surface area contributed by atoms with Gasteiger partial charge in [0.1, 0.15) is 6.10 Å². The van der Waals surface area contributed by atoms with E-state index in [-0.39, 0.29) is 54.3 Å². The van der Waals surface area contributed by atoms with E-state index in [1.165, 1.54) is 13.0 Å². The monoisotopic (exact) mass is 534 g/mol. The molecule has 0 aliphatic carbocycles. The summed E-state index contributed by atoms with van der Waals surface area (Å²) in [6.07, 6.45) is 11.2. The normalized spacial score (nSPS) is 34.3. The Morgan fingerprint density at radius 1 is 1.16 bits per heavy atom. The van der Waals surface area contributed by atoms with Gasteiger partial charge in [-0.1, -0.05) is 30.7 Å². The standard InChI is InChI=1S/C28H42N2O8/c1-17(6-9-22-14-28(16-35-28)15-23(38-22)13-27(33)30-34)7-10-25-18(2)12-24(20(4)37-25)29-26(32)11-8-19(3)36-21(5)31/h6-9,11,18-20,22-25,34H,10,12-16H2,1-5H3,(H,29,32)(H,30,33)/t18-,19?,20+,22+,23+,24+,25-,28+/m0/s1. The van der Waals surface area contributed by atoms with Crippen LogP contribution < -0.4 is 10.8 Å². The topological polar surface area (TPSA) is 136 Å². The number of hydrogen-bond donors (Lipinski definition) is 3. The second-order valence-corrected chi connectivity index (χ2v) is 10.8. The number of nitrogens with one attached hydrogen (secondary N) is 2. The first kappa shape index (κ1) is 30.0. The predicted molar refractivity (Wildman–Crippen MR) is 139 cm³/mol. The Morgan fingerprint density at radius 3 is 2.55 bits per heavy atom. The summed E-state index contributed by atoms with van der Waals surface area (Å²) in [4.78, 5) is 34.9. The van der Waals surface area contributed by atoms with Gasteiger partial charge in [-0.05, 0) is 45.6 Å². The maximum atomic E-state index is 12.3. The Kier molecular flexibility index (Phi) is 10.7. The van der Waals surface area contributed by atoms with E-state index in [1.54, 1.807) is 18.5 Å². The van der Waals surface area contributed by atoms with Gasteiger partial charge in [0.05, 0.1) is 49.1 Å². The zero-order valence-electron chi connectivity index (χ0n) is 23.0. The maximum Gasteiger partial charge on any atom is 0.303 e. The molecule has 0 aromatic carbocycles. The SMILES string of the molecule is CC(=O)OC(C)C=CC(=O)N[C@@H]1C[C@H](C)[C@H](CC=C(C)C=C[C@@H]2C[C@]3(CO3)C[C@@H](CC(=O)NO)O2)O[C@@H]1C. The number of allylic oxidation sites excluding steroid dienone is 2. The van der Waals surface area contributed by atoms with Crippen LogP contribution in [0, 0.1) is 5.92 Å². The lowest BCUT2D eigenvalue weighted by molar-refractivity contribution is -0.143. The number of hydroxylamine groups is 1. The van der Waals surface area contributed by atoms with Crippen LogP contribution in [0.15, 0.2) is 36.0 Å². The van der Waals surface area contributed by atoms with Crippen molar-refractivity contribution in [2.75, 3.05) is 6.61 Å². The summed E-state index contributed by atoms with van der Waals surface area (Å²) in [6, 6.07) is -0.103. The molecule has 10 nitrogen and oxygen atoms in total.